The summed E-state index contributed by atoms with van der Waals surface area (Å²) in [7, 11) is 3.22. The molecule has 5 fully saturated rings. The minimum Gasteiger partial charge on any atom is -0.494 e. The predicted molar refractivity (Wildman–Crippen MR) is 182 cm³/mol. The van der Waals surface area contributed by atoms with Crippen molar-refractivity contribution in [2.24, 2.45) is 29.6 Å². The minimum atomic E-state index is -0.0304. The Morgan fingerprint density at radius 2 is 1.69 bits per heavy atom. The quantitative estimate of drug-likeness (QED) is 0.216. The third-order valence-electron chi connectivity index (χ3n) is 11.9. The highest BCUT2D eigenvalue weighted by molar-refractivity contribution is 6.00. The fraction of sp³-hybridized carbons (Fsp3) is 0.447. The van der Waals surface area contributed by atoms with E-state index in [0.29, 0.717) is 66.2 Å². The number of imidazole rings is 1. The second-order valence-electron chi connectivity index (χ2n) is 14.8. The van der Waals surface area contributed by atoms with Crippen LogP contribution in [-0.2, 0) is 13.1 Å². The van der Waals surface area contributed by atoms with E-state index in [1.165, 1.54) is 19.3 Å². The van der Waals surface area contributed by atoms with Gasteiger partial charge < -0.3 is 28.4 Å². The molecule has 0 bridgehead atoms. The number of fused-ring (bicyclic) bond motifs is 2. The maximum Gasteiger partial charge on any atom is 0.254 e. The smallest absolute Gasteiger partial charge is 0.254 e. The van der Waals surface area contributed by atoms with Crippen molar-refractivity contribution in [3.8, 4) is 23.1 Å². The molecule has 0 radical (unpaired) electrons. The summed E-state index contributed by atoms with van der Waals surface area (Å²) >= 11 is 0. The summed E-state index contributed by atoms with van der Waals surface area (Å²) < 4.78 is 15.9. The SMILES string of the molecule is COc1cc(C(=O)N2CC(Cn3c(-c4cc5cccnc5n4CC4CC4)nc4cc(C(=O)N5CC6CC7CC5[C@H]76)cc(OC)c43)C2)ccn1. The van der Waals surface area contributed by atoms with Gasteiger partial charge in [0.05, 0.1) is 25.4 Å². The number of pyridine rings is 2. The van der Waals surface area contributed by atoms with Crippen molar-refractivity contribution in [2.75, 3.05) is 33.9 Å². The summed E-state index contributed by atoms with van der Waals surface area (Å²) in [5.41, 5.74) is 4.80. The normalized spacial score (nSPS) is 24.0. The van der Waals surface area contributed by atoms with Gasteiger partial charge in [-0.1, -0.05) is 0 Å². The van der Waals surface area contributed by atoms with E-state index in [2.05, 4.69) is 31.2 Å². The number of hydrogen-bond acceptors (Lipinski definition) is 7. The lowest BCUT2D eigenvalue weighted by molar-refractivity contribution is -0.0204. The van der Waals surface area contributed by atoms with E-state index in [9.17, 15) is 9.59 Å². The average molecular weight is 658 g/mol. The number of amides is 2. The fourth-order valence-electron chi connectivity index (χ4n) is 9.21. The molecule has 4 atom stereocenters. The lowest BCUT2D eigenvalue weighted by atomic mass is 9.53. The predicted octanol–water partition coefficient (Wildman–Crippen LogP) is 5.13. The summed E-state index contributed by atoms with van der Waals surface area (Å²) in [6.45, 7) is 3.64. The molecule has 10 rings (SSSR count). The first kappa shape index (κ1) is 29.0. The molecule has 250 valence electrons. The Kier molecular flexibility index (Phi) is 6.39. The van der Waals surface area contributed by atoms with Crippen molar-refractivity contribution >= 4 is 33.9 Å². The van der Waals surface area contributed by atoms with Crippen LogP contribution in [0.25, 0.3) is 33.6 Å². The lowest BCUT2D eigenvalue weighted by Crippen LogP contribution is -2.53. The molecular weight excluding hydrogens is 618 g/mol. The second kappa shape index (κ2) is 10.8. The Bertz CT molecular complexity index is 2160. The third kappa shape index (κ3) is 4.50. The number of benzene rings is 1. The zero-order valence-corrected chi connectivity index (χ0v) is 27.8. The van der Waals surface area contributed by atoms with Crippen LogP contribution in [0.15, 0.2) is 54.9 Å². The highest BCUT2D eigenvalue weighted by Crippen LogP contribution is 2.60. The Morgan fingerprint density at radius 1 is 0.837 bits per heavy atom. The van der Waals surface area contributed by atoms with Crippen molar-refractivity contribution in [1.29, 1.82) is 0 Å². The molecule has 5 aliphatic rings. The molecule has 5 aromatic rings. The van der Waals surface area contributed by atoms with Crippen LogP contribution in [0.5, 0.6) is 11.6 Å². The molecule has 49 heavy (non-hydrogen) atoms. The van der Waals surface area contributed by atoms with Crippen LogP contribution in [0.2, 0.25) is 0 Å². The number of hydrogen-bond donors (Lipinski definition) is 0. The summed E-state index contributed by atoms with van der Waals surface area (Å²) in [5.74, 6) is 5.00. The highest BCUT2D eigenvalue weighted by Gasteiger charge is 2.61. The van der Waals surface area contributed by atoms with Crippen LogP contribution < -0.4 is 9.47 Å². The van der Waals surface area contributed by atoms with Crippen molar-refractivity contribution in [2.45, 2.75) is 44.8 Å². The Balaban J connectivity index is 1.03. The highest BCUT2D eigenvalue weighted by atomic mass is 16.5. The molecule has 11 heteroatoms. The Hall–Kier alpha value is -4.93. The van der Waals surface area contributed by atoms with Crippen LogP contribution in [-0.4, -0.2) is 85.6 Å². The van der Waals surface area contributed by atoms with Crippen molar-refractivity contribution < 1.29 is 19.1 Å². The minimum absolute atomic E-state index is 0.0304. The van der Waals surface area contributed by atoms with E-state index in [1.54, 1.807) is 32.5 Å². The van der Waals surface area contributed by atoms with Gasteiger partial charge >= 0.3 is 0 Å². The van der Waals surface area contributed by atoms with Crippen LogP contribution in [0.3, 0.4) is 0 Å². The maximum absolute atomic E-state index is 14.0. The largest absolute Gasteiger partial charge is 0.494 e. The summed E-state index contributed by atoms with van der Waals surface area (Å²) in [6.07, 6.45) is 8.30. The molecular formula is C38H39N7O4. The van der Waals surface area contributed by atoms with E-state index in [1.807, 2.05) is 29.3 Å². The van der Waals surface area contributed by atoms with Crippen LogP contribution in [0.1, 0.15) is 46.4 Å². The van der Waals surface area contributed by atoms with E-state index in [4.69, 9.17) is 19.4 Å². The van der Waals surface area contributed by atoms with Crippen LogP contribution >= 0.6 is 0 Å². The fourth-order valence-corrected chi connectivity index (χ4v) is 9.21. The van der Waals surface area contributed by atoms with Crippen LogP contribution in [0.4, 0.5) is 0 Å². The number of aromatic nitrogens is 5. The molecule has 11 nitrogen and oxygen atoms in total. The first-order valence-corrected chi connectivity index (χ1v) is 17.6. The summed E-state index contributed by atoms with van der Waals surface area (Å²) in [4.78, 5) is 45.6. The number of nitrogens with zero attached hydrogens (tertiary/aromatic N) is 7. The van der Waals surface area contributed by atoms with Gasteiger partial charge in [0.15, 0.2) is 5.82 Å². The average Bonchev–Trinajstić information content (AvgIpc) is 3.75. The summed E-state index contributed by atoms with van der Waals surface area (Å²) in [6, 6.07) is 14.0. The standard InChI is InChI=1S/C38H39N7O4/c1-48-31-14-26(38(47)44-20-27-10-25-13-29(44)33(25)27)11-28-34(31)45(19-22-16-42(17-22)37(46)24-7-9-39-32(15-24)49-2)36(41-28)30-12-23-4-3-8-40-35(23)43(30)18-21-5-6-21/h3-4,7-9,11-12,14-15,21-22,25,27,29,33H,5-6,10,13,16-20H2,1-2H3/t25?,27?,29?,33-/m1/s1. The molecule has 0 spiro atoms. The van der Waals surface area contributed by atoms with Gasteiger partial charge in [0.1, 0.15) is 16.9 Å². The number of carbonyl (C=O) groups is 2. The zero-order valence-electron chi connectivity index (χ0n) is 27.8. The number of ether oxygens (including phenoxy) is 2. The molecule has 2 aliphatic heterocycles. The zero-order chi connectivity index (χ0) is 33.0. The first-order valence-electron chi connectivity index (χ1n) is 17.6. The van der Waals surface area contributed by atoms with Gasteiger partial charge in [-0.25, -0.2) is 15.0 Å². The molecule has 2 amide bonds. The molecule has 3 unspecified atom stereocenters. The molecule has 3 saturated carbocycles. The van der Waals surface area contributed by atoms with Gasteiger partial charge in [0, 0.05) is 79.7 Å². The first-order chi connectivity index (χ1) is 24.0. The van der Waals surface area contributed by atoms with Gasteiger partial charge in [-0.05, 0) is 85.8 Å². The van der Waals surface area contributed by atoms with Crippen molar-refractivity contribution in [3.05, 3.63) is 66.0 Å². The lowest BCUT2D eigenvalue weighted by Gasteiger charge is -2.52. The molecule has 6 heterocycles. The van der Waals surface area contributed by atoms with E-state index in [-0.39, 0.29) is 17.7 Å². The Morgan fingerprint density at radius 3 is 2.47 bits per heavy atom. The molecule has 3 aliphatic carbocycles. The van der Waals surface area contributed by atoms with E-state index < -0.39 is 0 Å². The topological polar surface area (TPSA) is 108 Å². The number of carbonyl (C=O) groups excluding carboxylic acids is 2. The summed E-state index contributed by atoms with van der Waals surface area (Å²) in [5, 5.41) is 1.08. The molecule has 2 saturated heterocycles. The van der Waals surface area contributed by atoms with Gasteiger partial charge in [-0.2, -0.15) is 0 Å². The molecule has 4 aromatic heterocycles. The van der Waals surface area contributed by atoms with E-state index >= 15 is 0 Å². The number of methoxy groups -OCH3 is 2. The van der Waals surface area contributed by atoms with E-state index in [0.717, 1.165) is 59.0 Å². The van der Waals surface area contributed by atoms with Gasteiger partial charge in [0.25, 0.3) is 11.8 Å². The monoisotopic (exact) mass is 657 g/mol. The van der Waals surface area contributed by atoms with Gasteiger partial charge in [-0.3, -0.25) is 9.59 Å². The van der Waals surface area contributed by atoms with Crippen LogP contribution in [0, 0.1) is 29.6 Å². The molecule has 1 aromatic carbocycles. The van der Waals surface area contributed by atoms with Crippen molar-refractivity contribution in [3.63, 3.8) is 0 Å². The third-order valence-corrected chi connectivity index (χ3v) is 11.9. The maximum atomic E-state index is 14.0. The Labute approximate surface area is 283 Å². The second-order valence-corrected chi connectivity index (χ2v) is 14.8. The number of rotatable bonds is 9. The van der Waals surface area contributed by atoms with Gasteiger partial charge in [-0.15, -0.1) is 0 Å². The molecule has 0 N–H and O–H groups in total. The van der Waals surface area contributed by atoms with Crippen molar-refractivity contribution in [1.82, 2.24) is 33.9 Å². The van der Waals surface area contributed by atoms with Gasteiger partial charge in [0.2, 0.25) is 5.88 Å². The number of likely N-dealkylation sites (tertiary alicyclic amines) is 2.